The van der Waals surface area contributed by atoms with E-state index < -0.39 is 0 Å². The van der Waals surface area contributed by atoms with Gasteiger partial charge in [0, 0.05) is 6.04 Å². The van der Waals surface area contributed by atoms with Gasteiger partial charge in [0.05, 0.1) is 18.2 Å². The Balaban J connectivity index is 2.15. The second-order valence-electron chi connectivity index (χ2n) is 4.10. The lowest BCUT2D eigenvalue weighted by Gasteiger charge is -2.15. The van der Waals surface area contributed by atoms with E-state index in [1.54, 1.807) is 12.3 Å². The van der Waals surface area contributed by atoms with Crippen molar-refractivity contribution in [3.05, 3.63) is 40.7 Å². The van der Waals surface area contributed by atoms with Crippen molar-refractivity contribution < 1.29 is 9.13 Å². The fourth-order valence-corrected chi connectivity index (χ4v) is 2.50. The Labute approximate surface area is 115 Å². The molecule has 19 heavy (non-hydrogen) atoms. The normalized spacial score (nSPS) is 12.4. The van der Waals surface area contributed by atoms with E-state index in [1.165, 1.54) is 24.7 Å². The van der Waals surface area contributed by atoms with Gasteiger partial charge in [0.2, 0.25) is 0 Å². The van der Waals surface area contributed by atoms with Crippen LogP contribution in [-0.4, -0.2) is 23.2 Å². The molecule has 0 amide bonds. The standard InChI is InChI=1S/C13H16FN3OS/c1-3-15-11(13-8-16-17-19-13)7-9-4-5-12(18-2)10(14)6-9/h4-6,8,11,15H,3,7H2,1-2H3. The fourth-order valence-electron chi connectivity index (χ4n) is 1.92. The molecular formula is C13H16FN3OS. The van der Waals surface area contributed by atoms with Crippen molar-refractivity contribution in [1.29, 1.82) is 0 Å². The number of benzene rings is 1. The molecule has 6 heteroatoms. The minimum atomic E-state index is -0.335. The van der Waals surface area contributed by atoms with Crippen molar-refractivity contribution in [2.24, 2.45) is 0 Å². The molecule has 2 aromatic rings. The van der Waals surface area contributed by atoms with Crippen LogP contribution in [-0.2, 0) is 6.42 Å². The summed E-state index contributed by atoms with van der Waals surface area (Å²) in [6, 6.07) is 5.15. The Hall–Kier alpha value is -1.53. The highest BCUT2D eigenvalue weighted by Gasteiger charge is 2.14. The van der Waals surface area contributed by atoms with E-state index in [9.17, 15) is 4.39 Å². The van der Waals surface area contributed by atoms with Crippen molar-refractivity contribution >= 4 is 11.5 Å². The molecule has 0 saturated carbocycles. The topological polar surface area (TPSA) is 47.0 Å². The van der Waals surface area contributed by atoms with Gasteiger partial charge in [0.15, 0.2) is 11.6 Å². The zero-order valence-electron chi connectivity index (χ0n) is 10.9. The number of nitrogens with one attached hydrogen (secondary N) is 1. The number of halogens is 1. The average Bonchev–Trinajstić information content (AvgIpc) is 2.92. The number of nitrogens with zero attached hydrogens (tertiary/aromatic N) is 2. The Morgan fingerprint density at radius 3 is 2.89 bits per heavy atom. The average molecular weight is 281 g/mol. The van der Waals surface area contributed by atoms with Crippen molar-refractivity contribution in [3.63, 3.8) is 0 Å². The van der Waals surface area contributed by atoms with E-state index in [-0.39, 0.29) is 17.6 Å². The molecule has 0 saturated heterocycles. The number of likely N-dealkylation sites (N-methyl/N-ethyl adjacent to an activating group) is 1. The van der Waals surface area contributed by atoms with E-state index >= 15 is 0 Å². The lowest BCUT2D eigenvalue weighted by Crippen LogP contribution is -2.22. The summed E-state index contributed by atoms with van der Waals surface area (Å²) in [5, 5.41) is 7.20. The van der Waals surface area contributed by atoms with Crippen LogP contribution < -0.4 is 10.1 Å². The SMILES string of the molecule is CCNC(Cc1ccc(OC)c(F)c1)c1cnns1. The van der Waals surface area contributed by atoms with Gasteiger partial charge in [0.1, 0.15) is 0 Å². The molecule has 1 unspecified atom stereocenters. The smallest absolute Gasteiger partial charge is 0.165 e. The molecule has 1 heterocycles. The number of hydrogen-bond acceptors (Lipinski definition) is 5. The van der Waals surface area contributed by atoms with Crippen molar-refractivity contribution in [3.8, 4) is 5.75 Å². The Morgan fingerprint density at radius 2 is 2.32 bits per heavy atom. The minimum Gasteiger partial charge on any atom is -0.494 e. The zero-order chi connectivity index (χ0) is 13.7. The number of hydrogen-bond donors (Lipinski definition) is 1. The maximum absolute atomic E-state index is 13.7. The highest BCUT2D eigenvalue weighted by molar-refractivity contribution is 7.05. The van der Waals surface area contributed by atoms with Crippen LogP contribution in [0.1, 0.15) is 23.4 Å². The monoisotopic (exact) mass is 281 g/mol. The minimum absolute atomic E-state index is 0.109. The van der Waals surface area contributed by atoms with Gasteiger partial charge in [-0.05, 0) is 42.2 Å². The van der Waals surface area contributed by atoms with Gasteiger partial charge in [-0.1, -0.05) is 17.5 Å². The molecule has 0 bridgehead atoms. The van der Waals surface area contributed by atoms with Crippen LogP contribution in [0.25, 0.3) is 0 Å². The maximum atomic E-state index is 13.7. The van der Waals surface area contributed by atoms with Crippen LogP contribution in [0.4, 0.5) is 4.39 Å². The molecule has 1 aromatic heterocycles. The first kappa shape index (κ1) is 13.9. The van der Waals surface area contributed by atoms with E-state index in [0.717, 1.165) is 17.0 Å². The summed E-state index contributed by atoms with van der Waals surface area (Å²) in [4.78, 5) is 1.05. The van der Waals surface area contributed by atoms with Crippen LogP contribution in [0.5, 0.6) is 5.75 Å². The molecule has 2 rings (SSSR count). The summed E-state index contributed by atoms with van der Waals surface area (Å²) in [6.07, 6.45) is 2.44. The Kier molecular flexibility index (Phi) is 4.81. The first-order chi connectivity index (χ1) is 9.24. The molecule has 0 aliphatic carbocycles. The largest absolute Gasteiger partial charge is 0.494 e. The third-order valence-corrected chi connectivity index (χ3v) is 3.61. The molecule has 0 aliphatic rings. The van der Waals surface area contributed by atoms with Gasteiger partial charge in [-0.3, -0.25) is 0 Å². The van der Waals surface area contributed by atoms with Gasteiger partial charge in [0.25, 0.3) is 0 Å². The van der Waals surface area contributed by atoms with E-state index in [1.807, 2.05) is 13.0 Å². The quantitative estimate of drug-likeness (QED) is 0.884. The predicted octanol–water partition coefficient (Wildman–Crippen LogP) is 2.58. The van der Waals surface area contributed by atoms with Crippen LogP contribution in [0, 0.1) is 5.82 Å². The molecule has 0 aliphatic heterocycles. The molecule has 0 radical (unpaired) electrons. The summed E-state index contributed by atoms with van der Waals surface area (Å²) in [5.74, 6) is -0.0686. The first-order valence-electron chi connectivity index (χ1n) is 6.07. The van der Waals surface area contributed by atoms with Crippen molar-refractivity contribution in [1.82, 2.24) is 14.9 Å². The van der Waals surface area contributed by atoms with Crippen LogP contribution >= 0.6 is 11.5 Å². The summed E-state index contributed by atoms with van der Waals surface area (Å²) >= 11 is 1.36. The summed E-state index contributed by atoms with van der Waals surface area (Å²) in [5.41, 5.74) is 0.914. The highest BCUT2D eigenvalue weighted by Crippen LogP contribution is 2.23. The fraction of sp³-hybridized carbons (Fsp3) is 0.385. The molecule has 1 aromatic carbocycles. The number of ether oxygens (including phenoxy) is 1. The lowest BCUT2D eigenvalue weighted by molar-refractivity contribution is 0.386. The number of methoxy groups -OCH3 is 1. The van der Waals surface area contributed by atoms with E-state index in [4.69, 9.17) is 4.74 Å². The summed E-state index contributed by atoms with van der Waals surface area (Å²) in [6.45, 7) is 2.87. The lowest BCUT2D eigenvalue weighted by atomic mass is 10.0. The third kappa shape index (κ3) is 3.48. The highest BCUT2D eigenvalue weighted by atomic mass is 32.1. The number of rotatable bonds is 6. The van der Waals surface area contributed by atoms with Crippen LogP contribution in [0.2, 0.25) is 0 Å². The molecule has 1 N–H and O–H groups in total. The van der Waals surface area contributed by atoms with Crippen LogP contribution in [0.3, 0.4) is 0 Å². The Morgan fingerprint density at radius 1 is 1.47 bits per heavy atom. The maximum Gasteiger partial charge on any atom is 0.165 e. The molecular weight excluding hydrogens is 265 g/mol. The molecule has 0 fully saturated rings. The van der Waals surface area contributed by atoms with Gasteiger partial charge in [-0.15, -0.1) is 5.10 Å². The zero-order valence-corrected chi connectivity index (χ0v) is 11.7. The summed E-state index contributed by atoms with van der Waals surface area (Å²) < 4.78 is 22.4. The molecule has 102 valence electrons. The van der Waals surface area contributed by atoms with Crippen molar-refractivity contribution in [2.45, 2.75) is 19.4 Å². The van der Waals surface area contributed by atoms with Gasteiger partial charge < -0.3 is 10.1 Å². The van der Waals surface area contributed by atoms with E-state index in [2.05, 4.69) is 14.9 Å². The van der Waals surface area contributed by atoms with Gasteiger partial charge in [-0.2, -0.15) is 0 Å². The second-order valence-corrected chi connectivity index (χ2v) is 4.92. The van der Waals surface area contributed by atoms with Gasteiger partial charge >= 0.3 is 0 Å². The summed E-state index contributed by atoms with van der Waals surface area (Å²) in [7, 11) is 1.46. The second kappa shape index (κ2) is 6.58. The molecule has 4 nitrogen and oxygen atoms in total. The molecule has 0 spiro atoms. The first-order valence-corrected chi connectivity index (χ1v) is 6.85. The van der Waals surface area contributed by atoms with E-state index in [0.29, 0.717) is 6.42 Å². The number of aromatic nitrogens is 2. The molecule has 1 atom stereocenters. The Bertz CT molecular complexity index is 519. The van der Waals surface area contributed by atoms with Gasteiger partial charge in [-0.25, -0.2) is 4.39 Å². The predicted molar refractivity (Wildman–Crippen MR) is 73.0 cm³/mol. The van der Waals surface area contributed by atoms with Crippen molar-refractivity contribution in [2.75, 3.05) is 13.7 Å². The van der Waals surface area contributed by atoms with Crippen LogP contribution in [0.15, 0.2) is 24.4 Å². The third-order valence-electron chi connectivity index (χ3n) is 2.83.